The number of carbonyl (C=O) groups is 1. The van der Waals surface area contributed by atoms with Crippen molar-refractivity contribution < 1.29 is 14.6 Å². The molecule has 2 aromatic rings. The third kappa shape index (κ3) is 3.48. The van der Waals surface area contributed by atoms with E-state index in [-0.39, 0.29) is 29.8 Å². The number of ether oxygens (including phenoxy) is 1. The Morgan fingerprint density at radius 1 is 1.16 bits per heavy atom. The number of hydrogen-bond acceptors (Lipinski definition) is 5. The maximum absolute atomic E-state index is 12.8. The summed E-state index contributed by atoms with van der Waals surface area (Å²) in [6.45, 7) is 4.37. The van der Waals surface area contributed by atoms with Gasteiger partial charge in [0, 0.05) is 37.7 Å². The third-order valence-corrected chi connectivity index (χ3v) is 10.5. The molecule has 2 saturated carbocycles. The van der Waals surface area contributed by atoms with Gasteiger partial charge in [0.05, 0.1) is 21.0 Å². The molecule has 3 fully saturated rings. The average Bonchev–Trinajstić information content (AvgIpc) is 3.60. The predicted molar refractivity (Wildman–Crippen MR) is 143 cm³/mol. The van der Waals surface area contributed by atoms with Crippen LogP contribution in [0.3, 0.4) is 0 Å². The van der Waals surface area contributed by atoms with Gasteiger partial charge >= 0.3 is 0 Å². The van der Waals surface area contributed by atoms with Crippen molar-refractivity contribution in [3.8, 4) is 11.5 Å². The van der Waals surface area contributed by atoms with Crippen molar-refractivity contribution in [3.63, 3.8) is 0 Å². The minimum atomic E-state index is -0.426. The van der Waals surface area contributed by atoms with Crippen LogP contribution in [-0.2, 0) is 23.2 Å². The minimum Gasteiger partial charge on any atom is -0.504 e. The number of carbonyl (C=O) groups excluding carboxylic acids is 1. The predicted octanol–water partition coefficient (Wildman–Crippen LogP) is 4.57. The maximum Gasteiger partial charge on any atom is 0.217 e. The highest BCUT2D eigenvalue weighted by Crippen LogP contribution is 2.65. The van der Waals surface area contributed by atoms with Gasteiger partial charge in [-0.25, -0.2) is 0 Å². The minimum absolute atomic E-state index is 0.00988. The largest absolute Gasteiger partial charge is 0.504 e. The van der Waals surface area contributed by atoms with Gasteiger partial charge in [-0.1, -0.05) is 35.3 Å². The molecule has 1 saturated heterocycles. The monoisotopic (exact) mass is 541 g/mol. The Hall–Kier alpha value is -1.99. The Labute approximate surface area is 227 Å². The highest BCUT2D eigenvalue weighted by atomic mass is 35.5. The number of phenols is 1. The fraction of sp³-hybridized carbons (Fsp3) is 0.552. The van der Waals surface area contributed by atoms with Crippen LogP contribution in [0.15, 0.2) is 30.3 Å². The van der Waals surface area contributed by atoms with Gasteiger partial charge in [-0.15, -0.1) is 0 Å². The Kier molecular flexibility index (Phi) is 5.53. The summed E-state index contributed by atoms with van der Waals surface area (Å²) in [5, 5.41) is 19.3. The quantitative estimate of drug-likeness (QED) is 0.499. The highest BCUT2D eigenvalue weighted by molar-refractivity contribution is 6.42. The molecule has 5 aliphatic rings. The average molecular weight is 543 g/mol. The number of nitrogens with zero attached hydrogens (tertiary/aromatic N) is 1. The molecular weight excluding hydrogens is 509 g/mol. The van der Waals surface area contributed by atoms with Crippen LogP contribution in [0.5, 0.6) is 11.5 Å². The molecular formula is C29H33Cl2N3O3. The summed E-state index contributed by atoms with van der Waals surface area (Å²) in [4.78, 5) is 15.5. The van der Waals surface area contributed by atoms with Gasteiger partial charge < -0.3 is 20.5 Å². The standard InChI is InChI=1S/C29H33Cl2N3O3/c1-16(35)33-29-9-8-22(32-14-18-4-6-20(30)21(31)12-18)27-28(29)10-11-34(15-17-2-3-17)24(29)13-19-5-7-23(36)26(37-27)25(19)28/h4-7,12,17,22,24,27,32,36H,2-3,8-11,13-15H2,1H3,(H,33,35)/t22?,24-,27?,28+,29-/m1/s1. The topological polar surface area (TPSA) is 73.8 Å². The molecule has 3 aliphatic carbocycles. The van der Waals surface area contributed by atoms with Crippen LogP contribution < -0.4 is 15.4 Å². The fourth-order valence-electron chi connectivity index (χ4n) is 8.20. The van der Waals surface area contributed by atoms with Gasteiger partial charge in [0.15, 0.2) is 11.5 Å². The van der Waals surface area contributed by atoms with Gasteiger partial charge in [-0.3, -0.25) is 9.69 Å². The molecule has 5 atom stereocenters. The van der Waals surface area contributed by atoms with E-state index in [1.165, 1.54) is 18.4 Å². The van der Waals surface area contributed by atoms with E-state index in [1.54, 1.807) is 13.0 Å². The van der Waals surface area contributed by atoms with Crippen LogP contribution >= 0.6 is 23.2 Å². The van der Waals surface area contributed by atoms with Crippen molar-refractivity contribution in [3.05, 3.63) is 57.1 Å². The normalized spacial score (nSPS) is 33.5. The van der Waals surface area contributed by atoms with Crippen molar-refractivity contribution in [2.45, 2.75) is 81.1 Å². The van der Waals surface area contributed by atoms with Crippen molar-refractivity contribution in [1.29, 1.82) is 0 Å². The van der Waals surface area contributed by atoms with Gasteiger partial charge in [0.2, 0.25) is 5.91 Å². The smallest absolute Gasteiger partial charge is 0.217 e. The van der Waals surface area contributed by atoms with Crippen molar-refractivity contribution in [1.82, 2.24) is 15.5 Å². The van der Waals surface area contributed by atoms with E-state index in [4.69, 9.17) is 27.9 Å². The van der Waals surface area contributed by atoms with Crippen LogP contribution in [0.1, 0.15) is 55.7 Å². The van der Waals surface area contributed by atoms with Crippen molar-refractivity contribution >= 4 is 29.1 Å². The van der Waals surface area contributed by atoms with E-state index < -0.39 is 11.0 Å². The highest BCUT2D eigenvalue weighted by Gasteiger charge is 2.73. The number of piperidine rings is 1. The number of phenolic OH excluding ortho intramolecular Hbond substituents is 1. The maximum atomic E-state index is 12.8. The number of halogens is 2. The summed E-state index contributed by atoms with van der Waals surface area (Å²) >= 11 is 12.4. The molecule has 8 heteroatoms. The summed E-state index contributed by atoms with van der Waals surface area (Å²) in [6, 6.07) is 9.87. The lowest BCUT2D eigenvalue weighted by molar-refractivity contribution is -0.135. The first kappa shape index (κ1) is 24.1. The SMILES string of the molecule is CC(=O)N[C@@]12CCC(NCc3ccc(Cl)c(Cl)c3)C3Oc4c(O)ccc5c4[C@@]31CCN(CC1CC1)[C@@H]2C5. The molecule has 196 valence electrons. The van der Waals surface area contributed by atoms with Crippen LogP contribution in [-0.4, -0.2) is 52.7 Å². The zero-order valence-corrected chi connectivity index (χ0v) is 22.5. The molecule has 2 heterocycles. The summed E-state index contributed by atoms with van der Waals surface area (Å²) in [6.07, 6.45) is 5.93. The number of benzene rings is 2. The Morgan fingerprint density at radius 2 is 2.00 bits per heavy atom. The van der Waals surface area contributed by atoms with Crippen LogP contribution in [0.25, 0.3) is 0 Å². The third-order valence-electron chi connectivity index (χ3n) is 9.77. The number of nitrogens with one attached hydrogen (secondary N) is 2. The second-order valence-electron chi connectivity index (χ2n) is 11.8. The summed E-state index contributed by atoms with van der Waals surface area (Å²) in [7, 11) is 0. The Morgan fingerprint density at radius 3 is 2.76 bits per heavy atom. The summed E-state index contributed by atoms with van der Waals surface area (Å²) in [5.74, 6) is 1.60. The molecule has 6 nitrogen and oxygen atoms in total. The first-order chi connectivity index (χ1) is 17.8. The van der Waals surface area contributed by atoms with Crippen LogP contribution in [0, 0.1) is 5.92 Å². The molecule has 2 bridgehead atoms. The second-order valence-corrected chi connectivity index (χ2v) is 12.6. The van der Waals surface area contributed by atoms with Gasteiger partial charge in [-0.05, 0) is 80.3 Å². The van der Waals surface area contributed by atoms with Crippen LogP contribution in [0.4, 0.5) is 0 Å². The van der Waals surface area contributed by atoms with Crippen LogP contribution in [0.2, 0.25) is 10.0 Å². The second kappa shape index (κ2) is 8.51. The van der Waals surface area contributed by atoms with Gasteiger partial charge in [0.1, 0.15) is 6.10 Å². The number of amides is 1. The zero-order valence-electron chi connectivity index (χ0n) is 21.0. The molecule has 37 heavy (non-hydrogen) atoms. The van der Waals surface area contributed by atoms with Crippen molar-refractivity contribution in [2.75, 3.05) is 13.1 Å². The lowest BCUT2D eigenvalue weighted by Gasteiger charge is -2.66. The molecule has 0 aromatic heterocycles. The number of likely N-dealkylation sites (tertiary alicyclic amines) is 1. The first-order valence-electron chi connectivity index (χ1n) is 13.5. The number of hydrogen-bond donors (Lipinski definition) is 3. The number of aromatic hydroxyl groups is 1. The Bertz CT molecular complexity index is 1280. The lowest BCUT2D eigenvalue weighted by atomic mass is 9.46. The van der Waals surface area contributed by atoms with E-state index in [1.807, 2.05) is 18.2 Å². The van der Waals surface area contributed by atoms with E-state index in [2.05, 4.69) is 21.6 Å². The lowest BCUT2D eigenvalue weighted by Crippen LogP contribution is -2.82. The fourth-order valence-corrected chi connectivity index (χ4v) is 8.52. The molecule has 0 radical (unpaired) electrons. The first-order valence-corrected chi connectivity index (χ1v) is 14.3. The van der Waals surface area contributed by atoms with E-state index in [9.17, 15) is 9.90 Å². The number of rotatable bonds is 6. The zero-order chi connectivity index (χ0) is 25.5. The molecule has 2 unspecified atom stereocenters. The van der Waals surface area contributed by atoms with Crippen molar-refractivity contribution in [2.24, 2.45) is 5.92 Å². The molecule has 1 spiro atoms. The molecule has 3 N–H and O–H groups in total. The van der Waals surface area contributed by atoms with Gasteiger partial charge in [-0.2, -0.15) is 0 Å². The molecule has 1 amide bonds. The Balaban J connectivity index is 1.31. The molecule has 2 aliphatic heterocycles. The summed E-state index contributed by atoms with van der Waals surface area (Å²) < 4.78 is 6.76. The van der Waals surface area contributed by atoms with Gasteiger partial charge in [0.25, 0.3) is 0 Å². The molecule has 7 rings (SSSR count). The molecule has 2 aromatic carbocycles. The summed E-state index contributed by atoms with van der Waals surface area (Å²) in [5.41, 5.74) is 2.63. The van der Waals surface area contributed by atoms with E-state index in [0.29, 0.717) is 22.3 Å². The van der Waals surface area contributed by atoms with E-state index in [0.717, 1.165) is 55.8 Å². The van der Waals surface area contributed by atoms with E-state index >= 15 is 0 Å².